The zero-order chi connectivity index (χ0) is 15.0. The number of halogens is 1. The molecule has 0 amide bonds. The molecule has 1 atom stereocenters. The van der Waals surface area contributed by atoms with Crippen molar-refractivity contribution in [3.05, 3.63) is 46.9 Å². The van der Waals surface area contributed by atoms with Gasteiger partial charge in [0.25, 0.3) is 0 Å². The van der Waals surface area contributed by atoms with Crippen LogP contribution in [0.4, 0.5) is 11.5 Å². The van der Waals surface area contributed by atoms with Crippen LogP contribution in [0.5, 0.6) is 0 Å². The number of nitrogens with zero attached hydrogens (tertiary/aromatic N) is 3. The van der Waals surface area contributed by atoms with E-state index in [1.165, 1.54) is 11.3 Å². The molecule has 0 aliphatic carbocycles. The predicted molar refractivity (Wildman–Crippen MR) is 87.5 cm³/mol. The van der Waals surface area contributed by atoms with Crippen molar-refractivity contribution in [2.24, 2.45) is 0 Å². The van der Waals surface area contributed by atoms with E-state index in [1.807, 2.05) is 0 Å². The van der Waals surface area contributed by atoms with Gasteiger partial charge in [-0.3, -0.25) is 0 Å². The van der Waals surface area contributed by atoms with Crippen molar-refractivity contribution < 1.29 is 0 Å². The fourth-order valence-corrected chi connectivity index (χ4v) is 3.41. The van der Waals surface area contributed by atoms with Crippen molar-refractivity contribution >= 4 is 23.1 Å². The first-order valence-corrected chi connectivity index (χ1v) is 7.85. The van der Waals surface area contributed by atoms with Crippen LogP contribution >= 0.6 is 11.6 Å². The summed E-state index contributed by atoms with van der Waals surface area (Å²) in [7, 11) is 0. The smallest absolute Gasteiger partial charge is 0.141 e. The molecule has 2 aromatic rings. The highest BCUT2D eigenvalue weighted by molar-refractivity contribution is 6.30. The summed E-state index contributed by atoms with van der Waals surface area (Å²) >= 11 is 6.34. The second kappa shape index (κ2) is 5.64. The van der Waals surface area contributed by atoms with Crippen LogP contribution in [0.2, 0.25) is 5.15 Å². The molecule has 21 heavy (non-hydrogen) atoms. The first-order valence-electron chi connectivity index (χ1n) is 7.47. The van der Waals surface area contributed by atoms with Gasteiger partial charge in [0.1, 0.15) is 17.3 Å². The largest absolute Gasteiger partial charge is 0.323 e. The molecule has 0 fully saturated rings. The zero-order valence-corrected chi connectivity index (χ0v) is 13.4. The van der Waals surface area contributed by atoms with Gasteiger partial charge in [-0.2, -0.15) is 0 Å². The number of rotatable bonds is 2. The van der Waals surface area contributed by atoms with E-state index >= 15 is 0 Å². The number of anilines is 2. The highest BCUT2D eigenvalue weighted by Crippen LogP contribution is 2.40. The van der Waals surface area contributed by atoms with E-state index in [9.17, 15) is 0 Å². The molecule has 0 saturated carbocycles. The Morgan fingerprint density at radius 3 is 2.76 bits per heavy atom. The average molecular weight is 302 g/mol. The Kier molecular flexibility index (Phi) is 3.85. The third kappa shape index (κ3) is 2.51. The Bertz CT molecular complexity index is 654. The van der Waals surface area contributed by atoms with E-state index in [2.05, 4.69) is 59.9 Å². The van der Waals surface area contributed by atoms with Crippen LogP contribution in [0.3, 0.4) is 0 Å². The molecule has 0 saturated heterocycles. The highest BCUT2D eigenvalue weighted by atomic mass is 35.5. The van der Waals surface area contributed by atoms with Crippen LogP contribution in [0.25, 0.3) is 0 Å². The standard InChI is InChI=1S/C17H20ClN3/c1-11(2)15-16(18)19-10-20-17(15)21-12(3)8-9-13-6-4-5-7-14(13)21/h4-7,10-12H,8-9H2,1-3H3. The normalized spacial score (nSPS) is 18.0. The Morgan fingerprint density at radius 1 is 1.24 bits per heavy atom. The highest BCUT2D eigenvalue weighted by Gasteiger charge is 2.28. The summed E-state index contributed by atoms with van der Waals surface area (Å²) in [6, 6.07) is 8.96. The summed E-state index contributed by atoms with van der Waals surface area (Å²) in [6.45, 7) is 6.51. The third-order valence-electron chi connectivity index (χ3n) is 4.14. The molecule has 110 valence electrons. The molecule has 0 bridgehead atoms. The van der Waals surface area contributed by atoms with Gasteiger partial charge >= 0.3 is 0 Å². The number of aromatic nitrogens is 2. The molecule has 0 spiro atoms. The molecular weight excluding hydrogens is 282 g/mol. The Hall–Kier alpha value is -1.61. The average Bonchev–Trinajstić information content (AvgIpc) is 2.46. The molecule has 1 aromatic heterocycles. The van der Waals surface area contributed by atoms with Crippen LogP contribution in [-0.4, -0.2) is 16.0 Å². The molecule has 3 nitrogen and oxygen atoms in total. The number of para-hydroxylation sites is 1. The van der Waals surface area contributed by atoms with E-state index in [0.717, 1.165) is 24.2 Å². The van der Waals surface area contributed by atoms with E-state index in [-0.39, 0.29) is 5.92 Å². The quantitative estimate of drug-likeness (QED) is 0.751. The zero-order valence-electron chi connectivity index (χ0n) is 12.7. The lowest BCUT2D eigenvalue weighted by Gasteiger charge is -2.37. The number of hydrogen-bond acceptors (Lipinski definition) is 3. The van der Waals surface area contributed by atoms with E-state index < -0.39 is 0 Å². The molecule has 1 aromatic carbocycles. The second-order valence-electron chi connectivity index (χ2n) is 5.94. The fraction of sp³-hybridized carbons (Fsp3) is 0.412. The van der Waals surface area contributed by atoms with Gasteiger partial charge in [-0.1, -0.05) is 43.6 Å². The maximum Gasteiger partial charge on any atom is 0.141 e. The van der Waals surface area contributed by atoms with Gasteiger partial charge in [0, 0.05) is 17.3 Å². The lowest BCUT2D eigenvalue weighted by atomic mass is 9.95. The van der Waals surface area contributed by atoms with Crippen molar-refractivity contribution in [1.82, 2.24) is 9.97 Å². The molecule has 1 aliphatic heterocycles. The molecule has 3 rings (SSSR count). The van der Waals surface area contributed by atoms with Gasteiger partial charge in [0.05, 0.1) is 0 Å². The maximum absolute atomic E-state index is 6.34. The van der Waals surface area contributed by atoms with Crippen molar-refractivity contribution in [2.75, 3.05) is 4.90 Å². The molecule has 0 N–H and O–H groups in total. The van der Waals surface area contributed by atoms with Crippen LogP contribution in [-0.2, 0) is 6.42 Å². The molecule has 1 aliphatic rings. The summed E-state index contributed by atoms with van der Waals surface area (Å²) in [5.74, 6) is 1.24. The number of aryl methyl sites for hydroxylation is 1. The first kappa shape index (κ1) is 14.3. The van der Waals surface area contributed by atoms with Gasteiger partial charge in [-0.15, -0.1) is 0 Å². The van der Waals surface area contributed by atoms with Crippen LogP contribution in [0.15, 0.2) is 30.6 Å². The van der Waals surface area contributed by atoms with Gasteiger partial charge < -0.3 is 4.90 Å². The minimum atomic E-state index is 0.287. The fourth-order valence-electron chi connectivity index (χ4n) is 3.06. The summed E-state index contributed by atoms with van der Waals surface area (Å²) < 4.78 is 0. The van der Waals surface area contributed by atoms with E-state index in [0.29, 0.717) is 11.2 Å². The summed E-state index contributed by atoms with van der Waals surface area (Å²) in [5.41, 5.74) is 3.65. The van der Waals surface area contributed by atoms with Crippen molar-refractivity contribution in [3.8, 4) is 0 Å². The lowest BCUT2D eigenvalue weighted by Crippen LogP contribution is -2.34. The van der Waals surface area contributed by atoms with Gasteiger partial charge in [-0.05, 0) is 37.3 Å². The number of fused-ring (bicyclic) bond motifs is 1. The number of hydrogen-bond donors (Lipinski definition) is 0. The second-order valence-corrected chi connectivity index (χ2v) is 6.30. The molecular formula is C17H20ClN3. The van der Waals surface area contributed by atoms with Gasteiger partial charge in [0.2, 0.25) is 0 Å². The Balaban J connectivity index is 2.19. The lowest BCUT2D eigenvalue weighted by molar-refractivity contribution is 0.608. The first-order chi connectivity index (χ1) is 10.1. The summed E-state index contributed by atoms with van der Waals surface area (Å²) in [5, 5.41) is 0.560. The van der Waals surface area contributed by atoms with E-state index in [4.69, 9.17) is 11.6 Å². The molecule has 0 radical (unpaired) electrons. The Labute approximate surface area is 131 Å². The molecule has 2 heterocycles. The van der Waals surface area contributed by atoms with Crippen LogP contribution < -0.4 is 4.90 Å². The summed E-state index contributed by atoms with van der Waals surface area (Å²) in [6.07, 6.45) is 3.80. The monoisotopic (exact) mass is 301 g/mol. The SMILES string of the molecule is CC(C)c1c(Cl)ncnc1N1c2ccccc2CCC1C. The van der Waals surface area contributed by atoms with E-state index in [1.54, 1.807) is 6.33 Å². The maximum atomic E-state index is 6.34. The van der Waals surface area contributed by atoms with Crippen molar-refractivity contribution in [1.29, 1.82) is 0 Å². The third-order valence-corrected chi connectivity index (χ3v) is 4.44. The van der Waals surface area contributed by atoms with Crippen molar-refractivity contribution in [2.45, 2.75) is 45.6 Å². The minimum Gasteiger partial charge on any atom is -0.323 e. The minimum absolute atomic E-state index is 0.287. The van der Waals surface area contributed by atoms with Crippen molar-refractivity contribution in [3.63, 3.8) is 0 Å². The predicted octanol–water partition coefficient (Wildman–Crippen LogP) is 4.73. The molecule has 1 unspecified atom stereocenters. The summed E-state index contributed by atoms with van der Waals surface area (Å²) in [4.78, 5) is 11.0. The number of benzene rings is 1. The van der Waals surface area contributed by atoms with Crippen LogP contribution in [0, 0.1) is 0 Å². The van der Waals surface area contributed by atoms with Crippen LogP contribution in [0.1, 0.15) is 44.2 Å². The molecule has 4 heteroatoms. The Morgan fingerprint density at radius 2 is 2.00 bits per heavy atom. The van der Waals surface area contributed by atoms with Gasteiger partial charge in [0.15, 0.2) is 0 Å². The van der Waals surface area contributed by atoms with Gasteiger partial charge in [-0.25, -0.2) is 9.97 Å². The topological polar surface area (TPSA) is 29.0 Å².